The zero-order chi connectivity index (χ0) is 16.5. The Morgan fingerprint density at radius 2 is 2.26 bits per heavy atom. The lowest BCUT2D eigenvalue weighted by molar-refractivity contribution is 0.129. The number of hydrogen-bond donors (Lipinski definition) is 1. The number of nitrogens with one attached hydrogen (secondary N) is 1. The van der Waals surface area contributed by atoms with Crippen LogP contribution in [0.2, 0.25) is 0 Å². The summed E-state index contributed by atoms with van der Waals surface area (Å²) < 4.78 is 5.52. The van der Waals surface area contributed by atoms with Gasteiger partial charge in [-0.2, -0.15) is 0 Å². The minimum Gasteiger partial charge on any atom is -0.382 e. The second kappa shape index (κ2) is 9.28. The number of guanidine groups is 1. The lowest BCUT2D eigenvalue weighted by atomic mass is 10.0. The molecule has 1 aliphatic rings. The van der Waals surface area contributed by atoms with Crippen LogP contribution in [0.1, 0.15) is 38.0 Å². The van der Waals surface area contributed by atoms with Gasteiger partial charge in [0.15, 0.2) is 5.96 Å². The van der Waals surface area contributed by atoms with Gasteiger partial charge in [-0.05, 0) is 56.4 Å². The van der Waals surface area contributed by atoms with Gasteiger partial charge in [0.25, 0.3) is 0 Å². The van der Waals surface area contributed by atoms with E-state index in [4.69, 9.17) is 9.73 Å². The van der Waals surface area contributed by atoms with Gasteiger partial charge in [-0.25, -0.2) is 0 Å². The number of hydrogen-bond acceptors (Lipinski definition) is 3. The largest absolute Gasteiger partial charge is 0.382 e. The Bertz CT molecular complexity index is 469. The van der Waals surface area contributed by atoms with E-state index in [-0.39, 0.29) is 0 Å². The summed E-state index contributed by atoms with van der Waals surface area (Å²) >= 11 is 1.83. The van der Waals surface area contributed by atoms with Crippen LogP contribution in [0.15, 0.2) is 22.5 Å². The lowest BCUT2D eigenvalue weighted by Crippen LogP contribution is -2.40. The summed E-state index contributed by atoms with van der Waals surface area (Å²) in [5.41, 5.74) is 0.407. The lowest BCUT2D eigenvalue weighted by Gasteiger charge is -2.23. The Balaban J connectivity index is 1.83. The number of nitrogens with zero attached hydrogens (tertiary/aromatic N) is 2. The second-order valence-corrected chi connectivity index (χ2v) is 7.40. The van der Waals surface area contributed by atoms with E-state index < -0.39 is 0 Å². The second-order valence-electron chi connectivity index (χ2n) is 6.37. The van der Waals surface area contributed by atoms with Gasteiger partial charge in [-0.3, -0.25) is 4.99 Å². The van der Waals surface area contributed by atoms with Gasteiger partial charge >= 0.3 is 0 Å². The highest BCUT2D eigenvalue weighted by molar-refractivity contribution is 7.09. The van der Waals surface area contributed by atoms with Crippen molar-refractivity contribution in [3.63, 3.8) is 0 Å². The monoisotopic (exact) mass is 337 g/mol. The highest BCUT2D eigenvalue weighted by Crippen LogP contribution is 2.49. The first-order valence-electron chi connectivity index (χ1n) is 8.78. The van der Waals surface area contributed by atoms with Gasteiger partial charge in [-0.15, -0.1) is 11.3 Å². The summed E-state index contributed by atoms with van der Waals surface area (Å²) in [6, 6.07) is 4.32. The van der Waals surface area contributed by atoms with E-state index in [9.17, 15) is 0 Å². The first-order valence-corrected chi connectivity index (χ1v) is 9.66. The minimum absolute atomic E-state index is 0.407. The average molecular weight is 338 g/mol. The summed E-state index contributed by atoms with van der Waals surface area (Å²) in [4.78, 5) is 8.59. The smallest absolute Gasteiger partial charge is 0.193 e. The van der Waals surface area contributed by atoms with E-state index in [0.717, 1.165) is 51.6 Å². The normalized spacial score (nSPS) is 16.4. The molecule has 23 heavy (non-hydrogen) atoms. The van der Waals surface area contributed by atoms with Crippen LogP contribution in [-0.2, 0) is 11.2 Å². The standard InChI is InChI=1S/C18H31N3OS/c1-4-19-17(21(3)12-8-16-7-6-14-23-16)20-15-18(9-10-18)11-13-22-5-2/h6-7,14H,4-5,8-13,15H2,1-3H3,(H,19,20). The zero-order valence-corrected chi connectivity index (χ0v) is 15.6. The molecule has 1 fully saturated rings. The third-order valence-corrected chi connectivity index (χ3v) is 5.41. The van der Waals surface area contributed by atoms with Crippen molar-refractivity contribution in [1.82, 2.24) is 10.2 Å². The first kappa shape index (κ1) is 18.3. The minimum atomic E-state index is 0.407. The van der Waals surface area contributed by atoms with Crippen LogP contribution in [0.3, 0.4) is 0 Å². The molecule has 0 atom stereocenters. The highest BCUT2D eigenvalue weighted by Gasteiger charge is 2.41. The molecule has 0 unspecified atom stereocenters. The molecule has 2 rings (SSSR count). The maximum Gasteiger partial charge on any atom is 0.193 e. The summed E-state index contributed by atoms with van der Waals surface area (Å²) in [6.45, 7) is 8.70. The molecule has 1 heterocycles. The molecule has 0 spiro atoms. The molecule has 0 saturated heterocycles. The molecule has 0 bridgehead atoms. The Kier molecular flexibility index (Phi) is 7.37. The number of likely N-dealkylation sites (N-methyl/N-ethyl adjacent to an activating group) is 1. The van der Waals surface area contributed by atoms with E-state index in [1.54, 1.807) is 0 Å². The van der Waals surface area contributed by atoms with Gasteiger partial charge in [-0.1, -0.05) is 6.07 Å². The number of rotatable bonds is 10. The number of aliphatic imine (C=N–C) groups is 1. The van der Waals surface area contributed by atoms with Crippen LogP contribution in [0.5, 0.6) is 0 Å². The summed E-state index contributed by atoms with van der Waals surface area (Å²) in [5.74, 6) is 1.03. The van der Waals surface area contributed by atoms with E-state index in [2.05, 4.69) is 48.6 Å². The van der Waals surface area contributed by atoms with E-state index >= 15 is 0 Å². The SMILES string of the molecule is CCNC(=NCC1(CCOCC)CC1)N(C)CCc1cccs1. The first-order chi connectivity index (χ1) is 11.2. The van der Waals surface area contributed by atoms with Gasteiger partial charge in [0.05, 0.1) is 0 Å². The molecule has 130 valence electrons. The van der Waals surface area contributed by atoms with E-state index in [1.165, 1.54) is 17.7 Å². The molecular formula is C18H31N3OS. The Labute approximate surface area is 144 Å². The zero-order valence-electron chi connectivity index (χ0n) is 14.8. The Morgan fingerprint density at radius 1 is 1.43 bits per heavy atom. The van der Waals surface area contributed by atoms with Crippen molar-refractivity contribution >= 4 is 17.3 Å². The molecule has 4 nitrogen and oxygen atoms in total. The van der Waals surface area contributed by atoms with Crippen molar-refractivity contribution in [3.05, 3.63) is 22.4 Å². The van der Waals surface area contributed by atoms with Crippen molar-refractivity contribution in [1.29, 1.82) is 0 Å². The summed E-state index contributed by atoms with van der Waals surface area (Å²) in [5, 5.41) is 5.57. The Hall–Kier alpha value is -1.07. The predicted molar refractivity (Wildman–Crippen MR) is 99.4 cm³/mol. The molecule has 0 aromatic carbocycles. The molecule has 1 aliphatic carbocycles. The fraction of sp³-hybridized carbons (Fsp3) is 0.722. The maximum absolute atomic E-state index is 5.52. The summed E-state index contributed by atoms with van der Waals surface area (Å²) in [6.07, 6.45) is 4.81. The predicted octanol–water partition coefficient (Wildman–Crippen LogP) is 3.39. The topological polar surface area (TPSA) is 36.9 Å². The van der Waals surface area contributed by atoms with Gasteiger partial charge in [0.2, 0.25) is 0 Å². The van der Waals surface area contributed by atoms with Gasteiger partial charge in [0, 0.05) is 44.8 Å². The molecular weight excluding hydrogens is 306 g/mol. The number of thiophene rings is 1. The van der Waals surface area contributed by atoms with Crippen molar-refractivity contribution in [2.75, 3.05) is 39.9 Å². The summed E-state index contributed by atoms with van der Waals surface area (Å²) in [7, 11) is 2.13. The van der Waals surface area contributed by atoms with Crippen molar-refractivity contribution in [2.45, 2.75) is 39.5 Å². The van der Waals surface area contributed by atoms with E-state index in [0.29, 0.717) is 5.41 Å². The van der Waals surface area contributed by atoms with Gasteiger partial charge < -0.3 is 15.0 Å². The van der Waals surface area contributed by atoms with E-state index in [1.807, 2.05) is 11.3 Å². The molecule has 5 heteroatoms. The van der Waals surface area contributed by atoms with Crippen molar-refractivity contribution < 1.29 is 4.74 Å². The van der Waals surface area contributed by atoms with Crippen LogP contribution < -0.4 is 5.32 Å². The molecule has 0 amide bonds. The molecule has 1 saturated carbocycles. The van der Waals surface area contributed by atoms with Crippen LogP contribution in [0.25, 0.3) is 0 Å². The third-order valence-electron chi connectivity index (χ3n) is 4.47. The maximum atomic E-state index is 5.52. The third kappa shape index (κ3) is 6.15. The fourth-order valence-corrected chi connectivity index (χ4v) is 3.35. The quantitative estimate of drug-likeness (QED) is 0.404. The number of ether oxygens (including phenoxy) is 1. The Morgan fingerprint density at radius 3 is 2.87 bits per heavy atom. The average Bonchev–Trinajstić information content (AvgIpc) is 3.12. The molecule has 1 aromatic rings. The van der Waals surface area contributed by atoms with Crippen LogP contribution in [0, 0.1) is 5.41 Å². The van der Waals surface area contributed by atoms with Crippen LogP contribution in [-0.4, -0.2) is 50.8 Å². The fourth-order valence-electron chi connectivity index (χ4n) is 2.65. The molecule has 0 aliphatic heterocycles. The van der Waals surface area contributed by atoms with Crippen molar-refractivity contribution in [2.24, 2.45) is 10.4 Å². The van der Waals surface area contributed by atoms with Crippen LogP contribution in [0.4, 0.5) is 0 Å². The van der Waals surface area contributed by atoms with Gasteiger partial charge in [0.1, 0.15) is 0 Å². The molecule has 1 aromatic heterocycles. The molecule has 0 radical (unpaired) electrons. The highest BCUT2D eigenvalue weighted by atomic mass is 32.1. The molecule has 1 N–H and O–H groups in total. The van der Waals surface area contributed by atoms with Crippen LogP contribution >= 0.6 is 11.3 Å². The van der Waals surface area contributed by atoms with Crippen molar-refractivity contribution in [3.8, 4) is 0 Å².